The lowest BCUT2D eigenvalue weighted by Crippen LogP contribution is -1.90. The standard InChI is InChI=1S/C13H7ClN2O3/c14-10-1-6-13(9(7-10)8-15)19-12-4-2-11(3-5-12)16(17)18/h1-7H. The van der Waals surface area contributed by atoms with Crippen LogP contribution in [-0.2, 0) is 0 Å². The van der Waals surface area contributed by atoms with Crippen molar-refractivity contribution in [3.05, 3.63) is 63.2 Å². The van der Waals surface area contributed by atoms with E-state index < -0.39 is 4.92 Å². The molecule has 0 aliphatic rings. The molecule has 0 spiro atoms. The van der Waals surface area contributed by atoms with Gasteiger partial charge in [0.05, 0.1) is 10.5 Å². The number of rotatable bonds is 3. The molecule has 0 atom stereocenters. The van der Waals surface area contributed by atoms with Gasteiger partial charge in [-0.05, 0) is 30.3 Å². The van der Waals surface area contributed by atoms with Crippen LogP contribution in [0.5, 0.6) is 11.5 Å². The van der Waals surface area contributed by atoms with Crippen LogP contribution in [-0.4, -0.2) is 4.92 Å². The first-order valence-electron chi connectivity index (χ1n) is 5.22. The second-order valence-corrected chi connectivity index (χ2v) is 4.04. The fourth-order valence-electron chi connectivity index (χ4n) is 1.44. The summed E-state index contributed by atoms with van der Waals surface area (Å²) in [5.41, 5.74) is 0.273. The molecule has 5 nitrogen and oxygen atoms in total. The predicted molar refractivity (Wildman–Crippen MR) is 69.3 cm³/mol. The Balaban J connectivity index is 2.26. The molecular weight excluding hydrogens is 268 g/mol. The number of nitro groups is 1. The minimum atomic E-state index is -0.493. The van der Waals surface area contributed by atoms with Crippen molar-refractivity contribution in [2.45, 2.75) is 0 Å². The average molecular weight is 275 g/mol. The summed E-state index contributed by atoms with van der Waals surface area (Å²) >= 11 is 5.77. The fourth-order valence-corrected chi connectivity index (χ4v) is 1.61. The molecule has 19 heavy (non-hydrogen) atoms. The number of hydrogen-bond donors (Lipinski definition) is 0. The van der Waals surface area contributed by atoms with Crippen LogP contribution in [0, 0.1) is 21.4 Å². The summed E-state index contributed by atoms with van der Waals surface area (Å²) in [5.74, 6) is 0.755. The molecule has 0 unspecified atom stereocenters. The van der Waals surface area contributed by atoms with Gasteiger partial charge < -0.3 is 4.74 Å². The van der Waals surface area contributed by atoms with Crippen molar-refractivity contribution in [2.75, 3.05) is 0 Å². The zero-order valence-electron chi connectivity index (χ0n) is 9.54. The van der Waals surface area contributed by atoms with Crippen molar-refractivity contribution in [2.24, 2.45) is 0 Å². The number of nitriles is 1. The fraction of sp³-hybridized carbons (Fsp3) is 0. The lowest BCUT2D eigenvalue weighted by molar-refractivity contribution is -0.384. The van der Waals surface area contributed by atoms with Crippen LogP contribution < -0.4 is 4.74 Å². The Labute approximate surface area is 113 Å². The molecule has 2 aromatic rings. The molecule has 94 valence electrons. The van der Waals surface area contributed by atoms with Crippen molar-refractivity contribution in [3.8, 4) is 17.6 Å². The third-order valence-corrected chi connectivity index (χ3v) is 2.57. The summed E-state index contributed by atoms with van der Waals surface area (Å²) in [4.78, 5) is 10.0. The number of hydrogen-bond acceptors (Lipinski definition) is 4. The summed E-state index contributed by atoms with van der Waals surface area (Å²) in [6, 6.07) is 12.2. The zero-order valence-corrected chi connectivity index (χ0v) is 10.3. The van der Waals surface area contributed by atoms with Crippen molar-refractivity contribution < 1.29 is 9.66 Å². The van der Waals surface area contributed by atoms with Crippen LogP contribution >= 0.6 is 11.6 Å². The van der Waals surface area contributed by atoms with Crippen LogP contribution in [0.4, 0.5) is 5.69 Å². The highest BCUT2D eigenvalue weighted by atomic mass is 35.5. The first kappa shape index (κ1) is 12.9. The zero-order chi connectivity index (χ0) is 13.8. The van der Waals surface area contributed by atoms with Crippen molar-refractivity contribution in [1.82, 2.24) is 0 Å². The van der Waals surface area contributed by atoms with Gasteiger partial charge in [-0.25, -0.2) is 0 Å². The van der Waals surface area contributed by atoms with Gasteiger partial charge in [-0.15, -0.1) is 0 Å². The molecule has 0 radical (unpaired) electrons. The van der Waals surface area contributed by atoms with E-state index >= 15 is 0 Å². The van der Waals surface area contributed by atoms with E-state index in [1.165, 1.54) is 30.3 Å². The van der Waals surface area contributed by atoms with Gasteiger partial charge in [-0.2, -0.15) is 5.26 Å². The van der Waals surface area contributed by atoms with Crippen LogP contribution in [0.2, 0.25) is 5.02 Å². The monoisotopic (exact) mass is 274 g/mol. The molecular formula is C13H7ClN2O3. The number of ether oxygens (including phenoxy) is 1. The SMILES string of the molecule is N#Cc1cc(Cl)ccc1Oc1ccc([N+](=O)[O-])cc1. The van der Waals surface area contributed by atoms with Crippen LogP contribution in [0.3, 0.4) is 0 Å². The number of benzene rings is 2. The van der Waals surface area contributed by atoms with E-state index in [1.54, 1.807) is 12.1 Å². The summed E-state index contributed by atoms with van der Waals surface area (Å²) in [5, 5.41) is 19.9. The van der Waals surface area contributed by atoms with E-state index in [0.717, 1.165) is 0 Å². The number of nitro benzene ring substituents is 1. The average Bonchev–Trinajstić information content (AvgIpc) is 2.41. The van der Waals surface area contributed by atoms with Gasteiger partial charge in [-0.3, -0.25) is 10.1 Å². The largest absolute Gasteiger partial charge is 0.456 e. The summed E-state index contributed by atoms with van der Waals surface area (Å²) in [6.07, 6.45) is 0. The lowest BCUT2D eigenvalue weighted by atomic mass is 10.2. The Morgan fingerprint density at radius 1 is 1.21 bits per heavy atom. The van der Waals surface area contributed by atoms with Gasteiger partial charge in [0.1, 0.15) is 17.6 Å². The molecule has 0 aliphatic carbocycles. The molecule has 0 aromatic heterocycles. The quantitative estimate of drug-likeness (QED) is 0.628. The smallest absolute Gasteiger partial charge is 0.269 e. The lowest BCUT2D eigenvalue weighted by Gasteiger charge is -2.07. The maximum atomic E-state index is 10.5. The van der Waals surface area contributed by atoms with E-state index in [0.29, 0.717) is 22.1 Å². The normalized spacial score (nSPS) is 9.68. The van der Waals surface area contributed by atoms with Gasteiger partial charge in [0, 0.05) is 17.2 Å². The van der Waals surface area contributed by atoms with E-state index in [-0.39, 0.29) is 5.69 Å². The molecule has 0 N–H and O–H groups in total. The van der Waals surface area contributed by atoms with E-state index in [1.807, 2.05) is 6.07 Å². The van der Waals surface area contributed by atoms with E-state index in [9.17, 15) is 10.1 Å². The summed E-state index contributed by atoms with van der Waals surface area (Å²) in [7, 11) is 0. The first-order valence-corrected chi connectivity index (χ1v) is 5.60. The minimum absolute atomic E-state index is 0.0241. The Morgan fingerprint density at radius 3 is 2.47 bits per heavy atom. The molecule has 0 saturated carbocycles. The van der Waals surface area contributed by atoms with E-state index in [2.05, 4.69) is 0 Å². The highest BCUT2D eigenvalue weighted by Gasteiger charge is 2.08. The molecule has 0 heterocycles. The van der Waals surface area contributed by atoms with Crippen molar-refractivity contribution in [3.63, 3.8) is 0 Å². The Bertz CT molecular complexity index is 663. The van der Waals surface area contributed by atoms with E-state index in [4.69, 9.17) is 21.6 Å². The van der Waals surface area contributed by atoms with Crippen LogP contribution in [0.25, 0.3) is 0 Å². The Kier molecular flexibility index (Phi) is 3.64. The molecule has 2 rings (SSSR count). The third-order valence-electron chi connectivity index (χ3n) is 2.34. The number of non-ortho nitro benzene ring substituents is 1. The van der Waals surface area contributed by atoms with Gasteiger partial charge >= 0.3 is 0 Å². The number of nitrogens with zero attached hydrogens (tertiary/aromatic N) is 2. The molecule has 0 saturated heterocycles. The molecule has 0 amide bonds. The van der Waals surface area contributed by atoms with Crippen LogP contribution in [0.15, 0.2) is 42.5 Å². The molecule has 0 aliphatic heterocycles. The molecule has 2 aromatic carbocycles. The maximum absolute atomic E-state index is 10.5. The topological polar surface area (TPSA) is 76.2 Å². The second kappa shape index (κ2) is 5.38. The van der Waals surface area contributed by atoms with Crippen molar-refractivity contribution in [1.29, 1.82) is 5.26 Å². The maximum Gasteiger partial charge on any atom is 0.269 e. The number of halogens is 1. The highest BCUT2D eigenvalue weighted by Crippen LogP contribution is 2.28. The van der Waals surface area contributed by atoms with Crippen molar-refractivity contribution >= 4 is 17.3 Å². The second-order valence-electron chi connectivity index (χ2n) is 3.61. The minimum Gasteiger partial charge on any atom is -0.456 e. The van der Waals surface area contributed by atoms with Gasteiger partial charge in [0.15, 0.2) is 0 Å². The molecule has 6 heteroatoms. The highest BCUT2D eigenvalue weighted by molar-refractivity contribution is 6.30. The molecule has 0 fully saturated rings. The van der Waals surface area contributed by atoms with Gasteiger partial charge in [0.25, 0.3) is 5.69 Å². The van der Waals surface area contributed by atoms with Crippen LogP contribution in [0.1, 0.15) is 5.56 Å². The first-order chi connectivity index (χ1) is 9.10. The Morgan fingerprint density at radius 2 is 1.89 bits per heavy atom. The van der Waals surface area contributed by atoms with Gasteiger partial charge in [0.2, 0.25) is 0 Å². The molecule has 0 bridgehead atoms. The summed E-state index contributed by atoms with van der Waals surface area (Å²) in [6.45, 7) is 0. The summed E-state index contributed by atoms with van der Waals surface area (Å²) < 4.78 is 5.49. The van der Waals surface area contributed by atoms with Gasteiger partial charge in [-0.1, -0.05) is 11.6 Å². The predicted octanol–water partition coefficient (Wildman–Crippen LogP) is 3.91. The third kappa shape index (κ3) is 3.00. The Hall–Kier alpha value is -2.58.